The van der Waals surface area contributed by atoms with Crippen molar-refractivity contribution in [2.45, 2.75) is 13.0 Å². The average molecular weight is 305 g/mol. The van der Waals surface area contributed by atoms with Crippen LogP contribution in [0.3, 0.4) is 0 Å². The van der Waals surface area contributed by atoms with Gasteiger partial charge in [0.2, 0.25) is 0 Å². The van der Waals surface area contributed by atoms with E-state index in [1.165, 1.54) is 18.3 Å². The molecule has 2 unspecified atom stereocenters. The minimum absolute atomic E-state index is 0. The van der Waals surface area contributed by atoms with E-state index in [-0.39, 0.29) is 30.0 Å². The van der Waals surface area contributed by atoms with Gasteiger partial charge in [-0.3, -0.25) is 9.59 Å². The molecule has 2 rings (SSSR count). The fourth-order valence-electron chi connectivity index (χ4n) is 1.89. The number of hydrogen-bond acceptors (Lipinski definition) is 5. The molecule has 7 heteroatoms. The number of halogens is 1. The SMILES string of the molecule is CC(=O)c1ccc(C(=O)NCC2CNCC2O)s1.Cl. The summed E-state index contributed by atoms with van der Waals surface area (Å²) in [6.45, 7) is 3.22. The molecule has 0 aliphatic carbocycles. The molecule has 0 spiro atoms. The number of carbonyl (C=O) groups excluding carboxylic acids is 2. The van der Waals surface area contributed by atoms with E-state index in [0.29, 0.717) is 29.4 Å². The molecule has 0 saturated carbocycles. The second kappa shape index (κ2) is 7.00. The number of nitrogens with one attached hydrogen (secondary N) is 2. The minimum Gasteiger partial charge on any atom is -0.391 e. The van der Waals surface area contributed by atoms with Crippen molar-refractivity contribution in [3.05, 3.63) is 21.9 Å². The van der Waals surface area contributed by atoms with Crippen molar-refractivity contribution in [3.8, 4) is 0 Å². The van der Waals surface area contributed by atoms with Crippen molar-refractivity contribution in [1.29, 1.82) is 0 Å². The highest BCUT2D eigenvalue weighted by molar-refractivity contribution is 7.15. The highest BCUT2D eigenvalue weighted by Gasteiger charge is 2.25. The van der Waals surface area contributed by atoms with Crippen LogP contribution >= 0.6 is 23.7 Å². The molecule has 106 valence electrons. The van der Waals surface area contributed by atoms with Crippen LogP contribution in [-0.2, 0) is 0 Å². The quantitative estimate of drug-likeness (QED) is 0.715. The number of carbonyl (C=O) groups is 2. The van der Waals surface area contributed by atoms with Gasteiger partial charge < -0.3 is 15.7 Å². The average Bonchev–Trinajstić information content (AvgIpc) is 2.94. The van der Waals surface area contributed by atoms with Crippen LogP contribution in [0.1, 0.15) is 26.3 Å². The second-order valence-electron chi connectivity index (χ2n) is 4.42. The van der Waals surface area contributed by atoms with Gasteiger partial charge in [-0.25, -0.2) is 0 Å². The first-order valence-corrected chi connectivity index (χ1v) is 6.67. The molecule has 0 bridgehead atoms. The molecular weight excluding hydrogens is 288 g/mol. The standard InChI is InChI=1S/C12H16N2O3S.ClH/c1-7(15)10-2-3-11(18-10)12(17)14-5-8-4-13-6-9(8)16;/h2-3,8-9,13,16H,4-6H2,1H3,(H,14,17);1H. The van der Waals surface area contributed by atoms with Gasteiger partial charge in [-0.2, -0.15) is 0 Å². The van der Waals surface area contributed by atoms with Gasteiger partial charge in [0.25, 0.3) is 5.91 Å². The second-order valence-corrected chi connectivity index (χ2v) is 5.50. The molecule has 1 fully saturated rings. The van der Waals surface area contributed by atoms with E-state index < -0.39 is 6.10 Å². The third-order valence-electron chi connectivity index (χ3n) is 3.01. The summed E-state index contributed by atoms with van der Waals surface area (Å²) in [6.07, 6.45) is -0.401. The van der Waals surface area contributed by atoms with Gasteiger partial charge >= 0.3 is 0 Å². The molecule has 1 saturated heterocycles. The van der Waals surface area contributed by atoms with Crippen LogP contribution in [0.4, 0.5) is 0 Å². The first kappa shape index (κ1) is 16.1. The Labute approximate surface area is 121 Å². The van der Waals surface area contributed by atoms with E-state index in [2.05, 4.69) is 10.6 Å². The van der Waals surface area contributed by atoms with Gasteiger partial charge in [0.05, 0.1) is 15.9 Å². The zero-order valence-electron chi connectivity index (χ0n) is 10.5. The number of aliphatic hydroxyl groups is 1. The van der Waals surface area contributed by atoms with Gasteiger partial charge in [0, 0.05) is 25.6 Å². The lowest BCUT2D eigenvalue weighted by molar-refractivity contribution is 0.0930. The zero-order chi connectivity index (χ0) is 13.1. The van der Waals surface area contributed by atoms with E-state index in [1.54, 1.807) is 12.1 Å². The van der Waals surface area contributed by atoms with Gasteiger partial charge in [0.15, 0.2) is 5.78 Å². The van der Waals surface area contributed by atoms with Crippen LogP contribution in [0, 0.1) is 5.92 Å². The van der Waals surface area contributed by atoms with Gasteiger partial charge in [-0.05, 0) is 19.1 Å². The van der Waals surface area contributed by atoms with Crippen LogP contribution in [0.25, 0.3) is 0 Å². The fourth-order valence-corrected chi connectivity index (χ4v) is 2.71. The van der Waals surface area contributed by atoms with Gasteiger partial charge in [-0.1, -0.05) is 0 Å². The summed E-state index contributed by atoms with van der Waals surface area (Å²) in [4.78, 5) is 24.1. The Bertz CT molecular complexity index is 464. The van der Waals surface area contributed by atoms with E-state index in [4.69, 9.17) is 0 Å². The summed E-state index contributed by atoms with van der Waals surface area (Å²) in [5, 5.41) is 15.4. The summed E-state index contributed by atoms with van der Waals surface area (Å²) >= 11 is 1.19. The van der Waals surface area contributed by atoms with Crippen molar-refractivity contribution in [3.63, 3.8) is 0 Å². The highest BCUT2D eigenvalue weighted by Crippen LogP contribution is 2.17. The van der Waals surface area contributed by atoms with Crippen LogP contribution in [-0.4, -0.2) is 42.5 Å². The first-order chi connectivity index (χ1) is 8.58. The maximum absolute atomic E-state index is 11.8. The smallest absolute Gasteiger partial charge is 0.261 e. The molecule has 5 nitrogen and oxygen atoms in total. The molecule has 2 heterocycles. The first-order valence-electron chi connectivity index (χ1n) is 5.85. The normalized spacial score (nSPS) is 21.8. The largest absolute Gasteiger partial charge is 0.391 e. The monoisotopic (exact) mass is 304 g/mol. The minimum atomic E-state index is -0.401. The van der Waals surface area contributed by atoms with Crippen molar-refractivity contribution < 1.29 is 14.7 Å². The third kappa shape index (κ3) is 4.01. The Morgan fingerprint density at radius 1 is 1.42 bits per heavy atom. The van der Waals surface area contributed by atoms with E-state index in [0.717, 1.165) is 0 Å². The Balaban J connectivity index is 0.00000180. The molecule has 1 aromatic heterocycles. The zero-order valence-corrected chi connectivity index (χ0v) is 12.1. The summed E-state index contributed by atoms with van der Waals surface area (Å²) in [6, 6.07) is 3.31. The predicted molar refractivity (Wildman–Crippen MR) is 76.3 cm³/mol. The van der Waals surface area contributed by atoms with Crippen molar-refractivity contribution in [1.82, 2.24) is 10.6 Å². The molecule has 0 aromatic carbocycles. The lowest BCUT2D eigenvalue weighted by atomic mass is 10.1. The van der Waals surface area contributed by atoms with Crippen molar-refractivity contribution in [2.24, 2.45) is 5.92 Å². The Morgan fingerprint density at radius 3 is 2.63 bits per heavy atom. The maximum Gasteiger partial charge on any atom is 0.261 e. The Hall–Kier alpha value is -0.950. The number of amides is 1. The maximum atomic E-state index is 11.8. The third-order valence-corrected chi connectivity index (χ3v) is 4.19. The number of Topliss-reactive ketones (excluding diaryl/α,β-unsaturated/α-hetero) is 1. The topological polar surface area (TPSA) is 78.4 Å². The van der Waals surface area contributed by atoms with Gasteiger partial charge in [0.1, 0.15) is 0 Å². The van der Waals surface area contributed by atoms with Crippen LogP contribution in [0.5, 0.6) is 0 Å². The molecule has 0 radical (unpaired) electrons. The molecule has 19 heavy (non-hydrogen) atoms. The lowest BCUT2D eigenvalue weighted by Crippen LogP contribution is -2.34. The summed E-state index contributed by atoms with van der Waals surface area (Å²) < 4.78 is 0. The summed E-state index contributed by atoms with van der Waals surface area (Å²) in [7, 11) is 0. The number of aliphatic hydroxyl groups excluding tert-OH is 1. The molecule has 1 aliphatic heterocycles. The number of rotatable bonds is 4. The van der Waals surface area contributed by atoms with E-state index in [1.807, 2.05) is 0 Å². The number of β-amino-alcohol motifs (C(OH)–C–C–N with tert-alkyl or cyclic N) is 1. The van der Waals surface area contributed by atoms with Crippen LogP contribution < -0.4 is 10.6 Å². The predicted octanol–water partition coefficient (Wildman–Crippen LogP) is 0.683. The molecular formula is C12H17ClN2O3S. The van der Waals surface area contributed by atoms with E-state index >= 15 is 0 Å². The molecule has 1 amide bonds. The Morgan fingerprint density at radius 2 is 2.11 bits per heavy atom. The molecule has 1 aliphatic rings. The molecule has 2 atom stereocenters. The van der Waals surface area contributed by atoms with Gasteiger partial charge in [-0.15, -0.1) is 23.7 Å². The van der Waals surface area contributed by atoms with Crippen LogP contribution in [0.15, 0.2) is 12.1 Å². The van der Waals surface area contributed by atoms with Crippen molar-refractivity contribution >= 4 is 35.4 Å². The number of hydrogen-bond donors (Lipinski definition) is 3. The molecule has 3 N–H and O–H groups in total. The van der Waals surface area contributed by atoms with Crippen LogP contribution in [0.2, 0.25) is 0 Å². The molecule has 1 aromatic rings. The number of ketones is 1. The fraction of sp³-hybridized carbons (Fsp3) is 0.500. The Kier molecular flexibility index (Phi) is 5.93. The summed E-state index contributed by atoms with van der Waals surface area (Å²) in [5.41, 5.74) is 0. The highest BCUT2D eigenvalue weighted by atomic mass is 35.5. The summed E-state index contributed by atoms with van der Waals surface area (Å²) in [5.74, 6) is -0.165. The van der Waals surface area contributed by atoms with Crippen molar-refractivity contribution in [2.75, 3.05) is 19.6 Å². The lowest BCUT2D eigenvalue weighted by Gasteiger charge is -2.13. The number of thiophene rings is 1. The van der Waals surface area contributed by atoms with E-state index in [9.17, 15) is 14.7 Å².